The first kappa shape index (κ1) is 16.8. The quantitative estimate of drug-likeness (QED) is 0.769. The smallest absolute Gasteiger partial charge is 0.337 e. The van der Waals surface area contributed by atoms with Crippen LogP contribution in [0.4, 0.5) is 10.5 Å². The highest BCUT2D eigenvalue weighted by Gasteiger charge is 2.13. The number of carboxylic acid groups (broad SMARTS) is 1. The molecule has 3 amide bonds. The Bertz CT molecular complexity index is 562. The molecule has 0 radical (unpaired) electrons. The fraction of sp³-hybridized carbons (Fsp3) is 0.308. The SMILES string of the molecule is CNC(=O)CCN(C)C(=O)Nc1ccc(C(=O)O)c(Cl)c1. The lowest BCUT2D eigenvalue weighted by Gasteiger charge is -2.17. The molecule has 0 saturated carbocycles. The van der Waals surface area contributed by atoms with Gasteiger partial charge in [-0.2, -0.15) is 0 Å². The number of carboxylic acids is 1. The molecule has 21 heavy (non-hydrogen) atoms. The van der Waals surface area contributed by atoms with Crippen molar-refractivity contribution in [3.63, 3.8) is 0 Å². The van der Waals surface area contributed by atoms with E-state index < -0.39 is 12.0 Å². The lowest BCUT2D eigenvalue weighted by Crippen LogP contribution is -2.34. The van der Waals surface area contributed by atoms with Gasteiger partial charge in [-0.1, -0.05) is 11.6 Å². The minimum absolute atomic E-state index is 0.0355. The molecule has 1 aromatic carbocycles. The van der Waals surface area contributed by atoms with Crippen molar-refractivity contribution in [1.82, 2.24) is 10.2 Å². The number of aromatic carboxylic acids is 1. The number of anilines is 1. The topological polar surface area (TPSA) is 98.7 Å². The number of carbonyl (C=O) groups excluding carboxylic acids is 2. The van der Waals surface area contributed by atoms with Gasteiger partial charge in [0.2, 0.25) is 5.91 Å². The van der Waals surface area contributed by atoms with E-state index in [1.807, 2.05) is 0 Å². The Morgan fingerprint density at radius 3 is 2.52 bits per heavy atom. The minimum atomic E-state index is -1.14. The van der Waals surface area contributed by atoms with Gasteiger partial charge in [0.25, 0.3) is 0 Å². The van der Waals surface area contributed by atoms with Crippen LogP contribution in [-0.4, -0.2) is 48.6 Å². The fourth-order valence-corrected chi connectivity index (χ4v) is 1.74. The van der Waals surface area contributed by atoms with Gasteiger partial charge in [0.15, 0.2) is 0 Å². The summed E-state index contributed by atoms with van der Waals surface area (Å²) >= 11 is 5.81. The third-order valence-electron chi connectivity index (χ3n) is 2.75. The van der Waals surface area contributed by atoms with Gasteiger partial charge in [-0.15, -0.1) is 0 Å². The van der Waals surface area contributed by atoms with Crippen LogP contribution in [0.1, 0.15) is 16.8 Å². The summed E-state index contributed by atoms with van der Waals surface area (Å²) in [6, 6.07) is 3.69. The highest BCUT2D eigenvalue weighted by Crippen LogP contribution is 2.21. The van der Waals surface area contributed by atoms with Gasteiger partial charge in [-0.05, 0) is 18.2 Å². The summed E-state index contributed by atoms with van der Waals surface area (Å²) in [5.41, 5.74) is 0.337. The van der Waals surface area contributed by atoms with Gasteiger partial charge in [-0.25, -0.2) is 9.59 Å². The van der Waals surface area contributed by atoms with E-state index in [9.17, 15) is 14.4 Å². The number of carbonyl (C=O) groups is 3. The molecular weight excluding hydrogens is 298 g/mol. The van der Waals surface area contributed by atoms with Crippen LogP contribution in [0.2, 0.25) is 5.02 Å². The average Bonchev–Trinajstić information content (AvgIpc) is 2.43. The number of nitrogens with one attached hydrogen (secondary N) is 2. The number of rotatable bonds is 5. The molecule has 3 N–H and O–H groups in total. The lowest BCUT2D eigenvalue weighted by atomic mass is 10.2. The zero-order valence-electron chi connectivity index (χ0n) is 11.6. The Balaban J connectivity index is 2.64. The maximum Gasteiger partial charge on any atom is 0.337 e. The zero-order valence-corrected chi connectivity index (χ0v) is 12.4. The van der Waals surface area contributed by atoms with Crippen LogP contribution in [0.15, 0.2) is 18.2 Å². The summed E-state index contributed by atoms with van der Waals surface area (Å²) in [7, 11) is 3.07. The highest BCUT2D eigenvalue weighted by molar-refractivity contribution is 6.33. The summed E-state index contributed by atoms with van der Waals surface area (Å²) < 4.78 is 0. The summed E-state index contributed by atoms with van der Waals surface area (Å²) in [4.78, 5) is 35.1. The second-order valence-corrected chi connectivity index (χ2v) is 4.68. The van der Waals surface area contributed by atoms with Crippen LogP contribution in [0.3, 0.4) is 0 Å². The van der Waals surface area contributed by atoms with E-state index in [0.717, 1.165) is 0 Å². The predicted octanol–water partition coefficient (Wildman–Crippen LogP) is 1.64. The molecule has 8 heteroatoms. The largest absolute Gasteiger partial charge is 0.478 e. The predicted molar refractivity (Wildman–Crippen MR) is 78.7 cm³/mol. The van der Waals surface area contributed by atoms with E-state index in [1.165, 1.54) is 30.1 Å². The van der Waals surface area contributed by atoms with Crippen molar-refractivity contribution in [2.24, 2.45) is 0 Å². The molecular formula is C13H16ClN3O4. The van der Waals surface area contributed by atoms with Crippen LogP contribution >= 0.6 is 11.6 Å². The monoisotopic (exact) mass is 313 g/mol. The van der Waals surface area contributed by atoms with E-state index >= 15 is 0 Å². The van der Waals surface area contributed by atoms with Gasteiger partial charge >= 0.3 is 12.0 Å². The van der Waals surface area contributed by atoms with Crippen LogP contribution in [0.25, 0.3) is 0 Å². The molecule has 0 bridgehead atoms. The van der Waals surface area contributed by atoms with Crippen molar-refractivity contribution in [3.8, 4) is 0 Å². The Kier molecular flexibility index (Phi) is 5.98. The van der Waals surface area contributed by atoms with Gasteiger partial charge in [-0.3, -0.25) is 4.79 Å². The molecule has 0 saturated heterocycles. The van der Waals surface area contributed by atoms with Crippen molar-refractivity contribution in [3.05, 3.63) is 28.8 Å². The highest BCUT2D eigenvalue weighted by atomic mass is 35.5. The molecule has 114 valence electrons. The molecule has 0 aliphatic rings. The third-order valence-corrected chi connectivity index (χ3v) is 3.06. The van der Waals surface area contributed by atoms with Crippen molar-refractivity contribution < 1.29 is 19.5 Å². The Labute approximate surface area is 126 Å². The molecule has 0 unspecified atom stereocenters. The molecule has 1 rings (SSSR count). The minimum Gasteiger partial charge on any atom is -0.478 e. The molecule has 1 aromatic rings. The van der Waals surface area contributed by atoms with Crippen molar-refractivity contribution in [2.75, 3.05) is 26.0 Å². The van der Waals surface area contributed by atoms with Crippen LogP contribution in [0, 0.1) is 0 Å². The lowest BCUT2D eigenvalue weighted by molar-refractivity contribution is -0.120. The van der Waals surface area contributed by atoms with Gasteiger partial charge in [0, 0.05) is 32.7 Å². The van der Waals surface area contributed by atoms with Crippen LogP contribution < -0.4 is 10.6 Å². The van der Waals surface area contributed by atoms with Gasteiger partial charge < -0.3 is 20.6 Å². The number of benzene rings is 1. The summed E-state index contributed by atoms with van der Waals surface area (Å²) in [5.74, 6) is -1.30. The third kappa shape index (κ3) is 4.96. The maximum atomic E-state index is 11.9. The standard InChI is InChI=1S/C13H16ClN3O4/c1-15-11(18)5-6-17(2)13(21)16-8-3-4-9(12(19)20)10(14)7-8/h3-4,7H,5-6H2,1-2H3,(H,15,18)(H,16,21)(H,19,20). The van der Waals surface area contributed by atoms with Gasteiger partial charge in [0.05, 0.1) is 10.6 Å². The molecule has 0 aromatic heterocycles. The Morgan fingerprint density at radius 2 is 2.00 bits per heavy atom. The second kappa shape index (κ2) is 7.49. The molecule has 0 aliphatic heterocycles. The number of hydrogen-bond acceptors (Lipinski definition) is 3. The molecule has 7 nitrogen and oxygen atoms in total. The summed E-state index contributed by atoms with van der Waals surface area (Å²) in [6.07, 6.45) is 0.194. The molecule has 0 fully saturated rings. The summed E-state index contributed by atoms with van der Waals surface area (Å²) in [5, 5.41) is 13.9. The van der Waals surface area contributed by atoms with E-state index in [4.69, 9.17) is 16.7 Å². The average molecular weight is 314 g/mol. The van der Waals surface area contributed by atoms with Crippen LogP contribution in [-0.2, 0) is 4.79 Å². The number of nitrogens with zero attached hydrogens (tertiary/aromatic N) is 1. The second-order valence-electron chi connectivity index (χ2n) is 4.27. The Morgan fingerprint density at radius 1 is 1.33 bits per heavy atom. The first-order chi connectivity index (χ1) is 9.85. The van der Waals surface area contributed by atoms with Crippen molar-refractivity contribution in [2.45, 2.75) is 6.42 Å². The Hall–Kier alpha value is -2.28. The van der Waals surface area contributed by atoms with E-state index in [1.54, 1.807) is 7.05 Å². The van der Waals surface area contributed by atoms with E-state index in [0.29, 0.717) is 5.69 Å². The molecule has 0 heterocycles. The first-order valence-corrected chi connectivity index (χ1v) is 6.48. The molecule has 0 spiro atoms. The first-order valence-electron chi connectivity index (χ1n) is 6.10. The number of urea groups is 1. The van der Waals surface area contributed by atoms with Gasteiger partial charge in [0.1, 0.15) is 0 Å². The maximum absolute atomic E-state index is 11.9. The van der Waals surface area contributed by atoms with E-state index in [2.05, 4.69) is 10.6 Å². The fourth-order valence-electron chi connectivity index (χ4n) is 1.48. The normalized spacial score (nSPS) is 9.86. The summed E-state index contributed by atoms with van der Waals surface area (Å²) in [6.45, 7) is 0.256. The molecule has 0 atom stereocenters. The van der Waals surface area contributed by atoms with Crippen molar-refractivity contribution >= 4 is 35.2 Å². The van der Waals surface area contributed by atoms with Crippen molar-refractivity contribution in [1.29, 1.82) is 0 Å². The zero-order chi connectivity index (χ0) is 16.0. The van der Waals surface area contributed by atoms with Crippen LogP contribution in [0.5, 0.6) is 0 Å². The van der Waals surface area contributed by atoms with E-state index in [-0.39, 0.29) is 29.5 Å². The number of amides is 3. The number of hydrogen-bond donors (Lipinski definition) is 3. The number of halogens is 1. The molecule has 0 aliphatic carbocycles.